The van der Waals surface area contributed by atoms with E-state index in [0.717, 1.165) is 18.0 Å². The fourth-order valence-corrected chi connectivity index (χ4v) is 1.11. The van der Waals surface area contributed by atoms with Crippen molar-refractivity contribution >= 4 is 11.3 Å². The normalized spacial score (nSPS) is 8.82. The maximum atomic E-state index is 4.04. The number of hydrogen-bond acceptors (Lipinski definition) is 3. The largest absolute Gasteiger partial charge is 0.319 e. The molecule has 0 bridgehead atoms. The van der Waals surface area contributed by atoms with Crippen molar-refractivity contribution in [3.8, 4) is 11.8 Å². The van der Waals surface area contributed by atoms with Crippen LogP contribution in [0.3, 0.4) is 0 Å². The summed E-state index contributed by atoms with van der Waals surface area (Å²) in [4.78, 5) is 4.04. The number of thiazole rings is 1. The highest BCUT2D eigenvalue weighted by Crippen LogP contribution is 2.00. The maximum absolute atomic E-state index is 4.04. The van der Waals surface area contributed by atoms with E-state index in [1.165, 1.54) is 0 Å². The van der Waals surface area contributed by atoms with Gasteiger partial charge < -0.3 is 5.32 Å². The molecule has 3 heteroatoms. The summed E-state index contributed by atoms with van der Waals surface area (Å²) in [6.45, 7) is 0.943. The Bertz CT molecular complexity index is 243. The zero-order valence-electron chi connectivity index (χ0n) is 6.42. The Morgan fingerprint density at radius 2 is 2.64 bits per heavy atom. The van der Waals surface area contributed by atoms with Crippen LogP contribution in [0.25, 0.3) is 0 Å². The lowest BCUT2D eigenvalue weighted by Crippen LogP contribution is -2.05. The highest BCUT2D eigenvalue weighted by molar-refractivity contribution is 7.10. The number of hydrogen-bond donors (Lipinski definition) is 1. The number of nitrogens with zero attached hydrogens (tertiary/aromatic N) is 1. The fourth-order valence-electron chi connectivity index (χ4n) is 0.611. The topological polar surface area (TPSA) is 24.9 Å². The van der Waals surface area contributed by atoms with Crippen LogP contribution in [0.1, 0.15) is 11.4 Å². The van der Waals surface area contributed by atoms with Gasteiger partial charge >= 0.3 is 0 Å². The lowest BCUT2D eigenvalue weighted by atomic mass is 10.4. The second-order valence-electron chi connectivity index (χ2n) is 1.99. The Morgan fingerprint density at radius 1 is 1.73 bits per heavy atom. The molecule has 1 N–H and O–H groups in total. The third kappa shape index (κ3) is 3.17. The first kappa shape index (κ1) is 8.25. The predicted molar refractivity (Wildman–Crippen MR) is 47.5 cm³/mol. The molecule has 0 radical (unpaired) electrons. The van der Waals surface area contributed by atoms with Gasteiger partial charge in [-0.15, -0.1) is 11.3 Å². The minimum atomic E-state index is 0.885. The predicted octanol–water partition coefficient (Wildman–Crippen LogP) is 1.10. The molecular formula is C8H10N2S. The second-order valence-corrected chi connectivity index (χ2v) is 2.89. The van der Waals surface area contributed by atoms with Crippen molar-refractivity contribution in [3.05, 3.63) is 16.6 Å². The summed E-state index contributed by atoms with van der Waals surface area (Å²) < 4.78 is 0. The van der Waals surface area contributed by atoms with E-state index in [9.17, 15) is 0 Å². The van der Waals surface area contributed by atoms with Crippen LogP contribution in [0.5, 0.6) is 0 Å². The van der Waals surface area contributed by atoms with Crippen LogP contribution in [0.2, 0.25) is 0 Å². The Kier molecular flexibility index (Phi) is 3.67. The van der Waals surface area contributed by atoms with Gasteiger partial charge in [0.15, 0.2) is 5.01 Å². The summed E-state index contributed by atoms with van der Waals surface area (Å²) in [5.74, 6) is 6.00. The summed E-state index contributed by atoms with van der Waals surface area (Å²) in [6, 6.07) is 0. The number of nitrogens with one attached hydrogen (secondary N) is 1. The molecule has 0 atom stereocenters. The average Bonchev–Trinajstić information content (AvgIpc) is 2.50. The molecule has 11 heavy (non-hydrogen) atoms. The Labute approximate surface area is 70.7 Å². The number of aromatic nitrogens is 1. The molecule has 0 aromatic carbocycles. The van der Waals surface area contributed by atoms with Crippen LogP contribution in [-0.2, 0) is 0 Å². The molecule has 0 unspecified atom stereocenters. The van der Waals surface area contributed by atoms with E-state index in [0.29, 0.717) is 0 Å². The lowest BCUT2D eigenvalue weighted by molar-refractivity contribution is 0.818. The molecule has 2 nitrogen and oxygen atoms in total. The van der Waals surface area contributed by atoms with Crippen LogP contribution in [-0.4, -0.2) is 18.6 Å². The molecule has 1 aromatic rings. The van der Waals surface area contributed by atoms with Crippen molar-refractivity contribution in [2.24, 2.45) is 0 Å². The summed E-state index contributed by atoms with van der Waals surface area (Å²) >= 11 is 1.58. The van der Waals surface area contributed by atoms with Crippen molar-refractivity contribution in [2.75, 3.05) is 13.6 Å². The monoisotopic (exact) mass is 166 g/mol. The highest BCUT2D eigenvalue weighted by Gasteiger charge is 1.84. The maximum Gasteiger partial charge on any atom is 0.166 e. The van der Waals surface area contributed by atoms with Crippen molar-refractivity contribution < 1.29 is 0 Å². The Balaban J connectivity index is 2.33. The smallest absolute Gasteiger partial charge is 0.166 e. The summed E-state index contributed by atoms with van der Waals surface area (Å²) in [7, 11) is 1.92. The quantitative estimate of drug-likeness (QED) is 0.526. The van der Waals surface area contributed by atoms with Gasteiger partial charge in [-0.25, -0.2) is 4.98 Å². The van der Waals surface area contributed by atoms with Crippen molar-refractivity contribution in [1.82, 2.24) is 10.3 Å². The van der Waals surface area contributed by atoms with Crippen molar-refractivity contribution in [2.45, 2.75) is 6.42 Å². The van der Waals surface area contributed by atoms with Gasteiger partial charge in [0.2, 0.25) is 0 Å². The molecule has 0 saturated heterocycles. The summed E-state index contributed by atoms with van der Waals surface area (Å²) in [5.41, 5.74) is 0. The minimum Gasteiger partial charge on any atom is -0.319 e. The van der Waals surface area contributed by atoms with Crippen molar-refractivity contribution in [3.63, 3.8) is 0 Å². The molecule has 1 aromatic heterocycles. The van der Waals surface area contributed by atoms with E-state index in [-0.39, 0.29) is 0 Å². The van der Waals surface area contributed by atoms with E-state index in [1.54, 1.807) is 17.5 Å². The molecule has 0 aliphatic heterocycles. The molecule has 0 spiro atoms. The van der Waals surface area contributed by atoms with Gasteiger partial charge in [0, 0.05) is 24.5 Å². The van der Waals surface area contributed by atoms with Crippen LogP contribution in [0, 0.1) is 11.8 Å². The van der Waals surface area contributed by atoms with Gasteiger partial charge in [-0.05, 0) is 13.0 Å². The minimum absolute atomic E-state index is 0.885. The zero-order chi connectivity index (χ0) is 7.94. The molecule has 58 valence electrons. The Hall–Kier alpha value is -0.850. The highest BCUT2D eigenvalue weighted by atomic mass is 32.1. The molecule has 0 fully saturated rings. The molecule has 0 aliphatic rings. The van der Waals surface area contributed by atoms with Gasteiger partial charge in [-0.2, -0.15) is 0 Å². The van der Waals surface area contributed by atoms with Crippen LogP contribution < -0.4 is 5.32 Å². The van der Waals surface area contributed by atoms with E-state index in [4.69, 9.17) is 0 Å². The molecule has 0 saturated carbocycles. The Morgan fingerprint density at radius 3 is 3.27 bits per heavy atom. The summed E-state index contributed by atoms with van der Waals surface area (Å²) in [5, 5.41) is 5.86. The molecule has 0 amide bonds. The van der Waals surface area contributed by atoms with Crippen molar-refractivity contribution in [1.29, 1.82) is 0 Å². The fraction of sp³-hybridized carbons (Fsp3) is 0.375. The third-order valence-electron chi connectivity index (χ3n) is 1.13. The van der Waals surface area contributed by atoms with E-state index >= 15 is 0 Å². The third-order valence-corrected chi connectivity index (χ3v) is 1.82. The van der Waals surface area contributed by atoms with Crippen LogP contribution >= 0.6 is 11.3 Å². The number of rotatable bonds is 2. The van der Waals surface area contributed by atoms with Gasteiger partial charge in [0.25, 0.3) is 0 Å². The molecule has 1 heterocycles. The molecular weight excluding hydrogens is 156 g/mol. The van der Waals surface area contributed by atoms with E-state index in [2.05, 4.69) is 22.1 Å². The SMILES string of the molecule is CNCCC#Cc1nccs1. The first-order valence-corrected chi connectivity index (χ1v) is 4.34. The lowest BCUT2D eigenvalue weighted by Gasteiger charge is -1.86. The van der Waals surface area contributed by atoms with Gasteiger partial charge in [0.1, 0.15) is 0 Å². The van der Waals surface area contributed by atoms with Gasteiger partial charge in [0.05, 0.1) is 0 Å². The van der Waals surface area contributed by atoms with E-state index in [1.807, 2.05) is 12.4 Å². The first-order valence-electron chi connectivity index (χ1n) is 3.46. The summed E-state index contributed by atoms with van der Waals surface area (Å²) in [6.07, 6.45) is 2.66. The first-order chi connectivity index (χ1) is 5.43. The van der Waals surface area contributed by atoms with E-state index < -0.39 is 0 Å². The molecule has 1 rings (SSSR count). The molecule has 0 aliphatic carbocycles. The van der Waals surface area contributed by atoms with Crippen LogP contribution in [0.4, 0.5) is 0 Å². The average molecular weight is 166 g/mol. The van der Waals surface area contributed by atoms with Gasteiger partial charge in [-0.1, -0.05) is 5.92 Å². The van der Waals surface area contributed by atoms with Gasteiger partial charge in [-0.3, -0.25) is 0 Å². The zero-order valence-corrected chi connectivity index (χ0v) is 7.24. The second kappa shape index (κ2) is 4.89. The standard InChI is InChI=1S/C8H10N2S/c1-9-5-3-2-4-8-10-6-7-11-8/h6-7,9H,3,5H2,1H3. The van der Waals surface area contributed by atoms with Crippen LogP contribution in [0.15, 0.2) is 11.6 Å².